The number of hydrogen-bond donors (Lipinski definition) is 1. The molecule has 3 aromatic rings. The van der Waals surface area contributed by atoms with Gasteiger partial charge in [-0.25, -0.2) is 9.37 Å². The van der Waals surface area contributed by atoms with Gasteiger partial charge < -0.3 is 5.32 Å². The average molecular weight is 306 g/mol. The van der Waals surface area contributed by atoms with Crippen LogP contribution in [0.2, 0.25) is 0 Å². The molecule has 0 aliphatic heterocycles. The molecule has 1 aromatic heterocycles. The first-order chi connectivity index (χ1) is 11.1. The average Bonchev–Trinajstić information content (AvgIpc) is 2.58. The molecule has 0 unspecified atom stereocenters. The van der Waals surface area contributed by atoms with Gasteiger partial charge in [0.2, 0.25) is 0 Å². The van der Waals surface area contributed by atoms with Gasteiger partial charge in [0, 0.05) is 6.20 Å². The Labute approximate surface area is 136 Å². The highest BCUT2D eigenvalue weighted by Gasteiger charge is 2.15. The predicted molar refractivity (Wildman–Crippen MR) is 93.4 cm³/mol. The van der Waals surface area contributed by atoms with Crippen LogP contribution in [-0.4, -0.2) is 4.98 Å². The van der Waals surface area contributed by atoms with E-state index in [1.54, 1.807) is 6.20 Å². The summed E-state index contributed by atoms with van der Waals surface area (Å²) in [7, 11) is 0. The van der Waals surface area contributed by atoms with Gasteiger partial charge >= 0.3 is 0 Å². The summed E-state index contributed by atoms with van der Waals surface area (Å²) in [6.07, 6.45) is 1.69. The molecular formula is C20H19FN2. The number of hydrogen-bond acceptors (Lipinski definition) is 2. The highest BCUT2D eigenvalue weighted by Crippen LogP contribution is 2.32. The van der Waals surface area contributed by atoms with Gasteiger partial charge in [-0.2, -0.15) is 0 Å². The summed E-state index contributed by atoms with van der Waals surface area (Å²) in [5.74, 6) is 0.514. The van der Waals surface area contributed by atoms with Crippen LogP contribution in [0, 0.1) is 5.82 Å². The van der Waals surface area contributed by atoms with E-state index in [-0.39, 0.29) is 11.7 Å². The van der Waals surface area contributed by atoms with Crippen LogP contribution < -0.4 is 5.32 Å². The number of rotatable bonds is 4. The van der Waals surface area contributed by atoms with Crippen LogP contribution in [0.5, 0.6) is 0 Å². The fourth-order valence-electron chi connectivity index (χ4n) is 2.53. The standard InChI is InChI=1S/C20H19FN2/c1-14(2)17-12-16(15-8-4-3-5-9-15)13-18(20(17)21)23-19-10-6-7-11-22-19/h3-14H,1-2H3,(H,22,23). The zero-order valence-electron chi connectivity index (χ0n) is 13.3. The van der Waals surface area contributed by atoms with E-state index in [1.165, 1.54) is 0 Å². The molecule has 0 saturated heterocycles. The summed E-state index contributed by atoms with van der Waals surface area (Å²) in [5.41, 5.74) is 3.21. The lowest BCUT2D eigenvalue weighted by atomic mass is 9.95. The van der Waals surface area contributed by atoms with E-state index in [9.17, 15) is 4.39 Å². The number of anilines is 2. The van der Waals surface area contributed by atoms with E-state index in [4.69, 9.17) is 0 Å². The van der Waals surface area contributed by atoms with E-state index < -0.39 is 0 Å². The maximum atomic E-state index is 14.8. The zero-order valence-corrected chi connectivity index (χ0v) is 13.3. The van der Waals surface area contributed by atoms with Crippen LogP contribution in [0.1, 0.15) is 25.3 Å². The molecule has 1 heterocycles. The number of halogens is 1. The Kier molecular flexibility index (Phi) is 4.38. The molecule has 3 rings (SSSR count). The molecule has 0 fully saturated rings. The number of nitrogens with zero attached hydrogens (tertiary/aromatic N) is 1. The van der Waals surface area contributed by atoms with E-state index in [0.717, 1.165) is 11.1 Å². The van der Waals surface area contributed by atoms with Crippen molar-refractivity contribution in [3.05, 3.63) is 78.2 Å². The van der Waals surface area contributed by atoms with Gasteiger partial charge in [0.05, 0.1) is 5.69 Å². The predicted octanol–water partition coefficient (Wildman–Crippen LogP) is 5.75. The largest absolute Gasteiger partial charge is 0.338 e. The molecule has 116 valence electrons. The lowest BCUT2D eigenvalue weighted by Gasteiger charge is -2.15. The summed E-state index contributed by atoms with van der Waals surface area (Å²) < 4.78 is 14.8. The van der Waals surface area contributed by atoms with Gasteiger partial charge in [-0.15, -0.1) is 0 Å². The maximum absolute atomic E-state index is 14.8. The van der Waals surface area contributed by atoms with Gasteiger partial charge in [-0.3, -0.25) is 0 Å². The first-order valence-corrected chi connectivity index (χ1v) is 7.72. The Bertz CT molecular complexity index is 783. The quantitative estimate of drug-likeness (QED) is 0.663. The third-order valence-electron chi connectivity index (χ3n) is 3.76. The number of pyridine rings is 1. The van der Waals surface area contributed by atoms with Crippen LogP contribution in [0.3, 0.4) is 0 Å². The molecule has 1 N–H and O–H groups in total. The molecule has 0 amide bonds. The number of aromatic nitrogens is 1. The Balaban J connectivity index is 2.09. The van der Waals surface area contributed by atoms with Crippen LogP contribution >= 0.6 is 0 Å². The summed E-state index contributed by atoms with van der Waals surface area (Å²) in [5, 5.41) is 3.09. The highest BCUT2D eigenvalue weighted by molar-refractivity contribution is 5.72. The minimum atomic E-state index is -0.217. The fourth-order valence-corrected chi connectivity index (χ4v) is 2.53. The second-order valence-corrected chi connectivity index (χ2v) is 5.79. The Hall–Kier alpha value is -2.68. The van der Waals surface area contributed by atoms with Crippen molar-refractivity contribution in [2.24, 2.45) is 0 Å². The monoisotopic (exact) mass is 306 g/mol. The van der Waals surface area contributed by atoms with Crippen molar-refractivity contribution in [2.45, 2.75) is 19.8 Å². The summed E-state index contributed by atoms with van der Waals surface area (Å²) in [6.45, 7) is 4.00. The molecule has 0 saturated carbocycles. The second-order valence-electron chi connectivity index (χ2n) is 5.79. The molecule has 0 bridgehead atoms. The smallest absolute Gasteiger partial charge is 0.150 e. The molecule has 0 aliphatic carbocycles. The fraction of sp³-hybridized carbons (Fsp3) is 0.150. The lowest BCUT2D eigenvalue weighted by Crippen LogP contribution is -2.01. The number of benzene rings is 2. The van der Waals surface area contributed by atoms with Gasteiger partial charge in [0.25, 0.3) is 0 Å². The van der Waals surface area contributed by atoms with E-state index >= 15 is 0 Å². The van der Waals surface area contributed by atoms with Gasteiger partial charge in [-0.05, 0) is 46.9 Å². The topological polar surface area (TPSA) is 24.9 Å². The van der Waals surface area contributed by atoms with Gasteiger partial charge in [0.1, 0.15) is 11.6 Å². The van der Waals surface area contributed by atoms with Crippen LogP contribution in [0.15, 0.2) is 66.9 Å². The summed E-state index contributed by atoms with van der Waals surface area (Å²) >= 11 is 0. The van der Waals surface area contributed by atoms with Crippen molar-refractivity contribution in [3.63, 3.8) is 0 Å². The molecule has 0 atom stereocenters. The molecule has 2 nitrogen and oxygen atoms in total. The van der Waals surface area contributed by atoms with Crippen LogP contribution in [0.25, 0.3) is 11.1 Å². The van der Waals surface area contributed by atoms with Crippen molar-refractivity contribution >= 4 is 11.5 Å². The molecule has 23 heavy (non-hydrogen) atoms. The normalized spacial score (nSPS) is 10.8. The Morgan fingerprint density at radius 3 is 2.30 bits per heavy atom. The molecule has 2 aromatic carbocycles. The van der Waals surface area contributed by atoms with Crippen LogP contribution in [-0.2, 0) is 0 Å². The highest BCUT2D eigenvalue weighted by atomic mass is 19.1. The van der Waals surface area contributed by atoms with E-state index in [1.807, 2.05) is 74.5 Å². The molecule has 0 spiro atoms. The van der Waals surface area contributed by atoms with Crippen molar-refractivity contribution < 1.29 is 4.39 Å². The summed E-state index contributed by atoms with van der Waals surface area (Å²) in [4.78, 5) is 4.21. The minimum absolute atomic E-state index is 0.0999. The third-order valence-corrected chi connectivity index (χ3v) is 3.76. The van der Waals surface area contributed by atoms with Crippen molar-refractivity contribution in [3.8, 4) is 11.1 Å². The first kappa shape index (κ1) is 15.2. The van der Waals surface area contributed by atoms with Crippen molar-refractivity contribution in [2.75, 3.05) is 5.32 Å². The van der Waals surface area contributed by atoms with E-state index in [2.05, 4.69) is 10.3 Å². The summed E-state index contributed by atoms with van der Waals surface area (Å²) in [6, 6.07) is 19.3. The molecule has 0 radical (unpaired) electrons. The van der Waals surface area contributed by atoms with Crippen molar-refractivity contribution in [1.29, 1.82) is 0 Å². The zero-order chi connectivity index (χ0) is 16.2. The van der Waals surface area contributed by atoms with E-state index in [0.29, 0.717) is 17.1 Å². The minimum Gasteiger partial charge on any atom is -0.338 e. The van der Waals surface area contributed by atoms with Crippen LogP contribution in [0.4, 0.5) is 15.9 Å². The molecular weight excluding hydrogens is 287 g/mol. The van der Waals surface area contributed by atoms with Gasteiger partial charge in [0.15, 0.2) is 0 Å². The van der Waals surface area contributed by atoms with Gasteiger partial charge in [-0.1, -0.05) is 50.2 Å². The maximum Gasteiger partial charge on any atom is 0.150 e. The third kappa shape index (κ3) is 3.39. The van der Waals surface area contributed by atoms with Crippen molar-refractivity contribution in [1.82, 2.24) is 4.98 Å². The lowest BCUT2D eigenvalue weighted by molar-refractivity contribution is 0.602. The number of nitrogens with one attached hydrogen (secondary N) is 1. The molecule has 0 aliphatic rings. The SMILES string of the molecule is CC(C)c1cc(-c2ccccc2)cc(Nc2ccccn2)c1F. The Morgan fingerprint density at radius 1 is 0.913 bits per heavy atom. The second kappa shape index (κ2) is 6.61. The Morgan fingerprint density at radius 2 is 1.65 bits per heavy atom. The first-order valence-electron chi connectivity index (χ1n) is 7.72. The molecule has 3 heteroatoms.